The van der Waals surface area contributed by atoms with Crippen LogP contribution in [0.15, 0.2) is 6.07 Å². The van der Waals surface area contributed by atoms with Gasteiger partial charge in [-0.1, -0.05) is 11.6 Å². The maximum atomic E-state index is 12.3. The van der Waals surface area contributed by atoms with Gasteiger partial charge in [0, 0.05) is 0 Å². The molecule has 1 rings (SSSR count). The highest BCUT2D eigenvalue weighted by atomic mass is 35.5. The van der Waals surface area contributed by atoms with Crippen LogP contribution < -0.4 is 4.74 Å². The van der Waals surface area contributed by atoms with Crippen molar-refractivity contribution in [3.63, 3.8) is 0 Å². The number of hydrogen-bond acceptors (Lipinski definition) is 3. The number of ether oxygens (including phenoxy) is 1. The molecule has 0 aliphatic heterocycles. The highest BCUT2D eigenvalue weighted by Gasteiger charge is 2.17. The molecule has 76 valence electrons. The summed E-state index contributed by atoms with van der Waals surface area (Å²) < 4.78 is 29.2. The Labute approximate surface area is 83.7 Å². The van der Waals surface area contributed by atoms with E-state index in [-0.39, 0.29) is 16.5 Å². The smallest absolute Gasteiger partial charge is 0.281 e. The van der Waals surface area contributed by atoms with E-state index in [0.29, 0.717) is 6.29 Å². The van der Waals surface area contributed by atoms with Gasteiger partial charge in [0.05, 0.1) is 17.7 Å². The third-order valence-corrected chi connectivity index (χ3v) is 1.83. The number of rotatable bonds is 3. The number of hydrogen-bond donors (Lipinski definition) is 0. The first-order chi connectivity index (χ1) is 6.60. The molecule has 0 N–H and O–H groups in total. The van der Waals surface area contributed by atoms with Gasteiger partial charge in [0.1, 0.15) is 5.69 Å². The predicted octanol–water partition coefficient (Wildman–Crippen LogP) is 2.49. The van der Waals surface area contributed by atoms with Gasteiger partial charge in [-0.25, -0.2) is 13.8 Å². The molecule has 1 aromatic rings. The molecule has 0 aliphatic rings. The van der Waals surface area contributed by atoms with Crippen molar-refractivity contribution in [2.45, 2.75) is 6.43 Å². The summed E-state index contributed by atoms with van der Waals surface area (Å²) in [7, 11) is 1.23. The standard InChI is InChI=1S/C8H6ClF2NO2/c1-14-8-4(3-13)2-5(9)6(12-8)7(10)11/h2-3,7H,1H3. The summed E-state index contributed by atoms with van der Waals surface area (Å²) in [5, 5.41) is -0.247. The Morgan fingerprint density at radius 3 is 2.71 bits per heavy atom. The van der Waals surface area contributed by atoms with Crippen molar-refractivity contribution in [1.29, 1.82) is 0 Å². The number of aldehydes is 1. The zero-order chi connectivity index (χ0) is 10.7. The molecule has 0 amide bonds. The Morgan fingerprint density at radius 1 is 1.64 bits per heavy atom. The van der Waals surface area contributed by atoms with Gasteiger partial charge in [-0.3, -0.25) is 4.79 Å². The minimum Gasteiger partial charge on any atom is -0.480 e. The van der Waals surface area contributed by atoms with Gasteiger partial charge in [-0.05, 0) is 6.07 Å². The van der Waals surface area contributed by atoms with Gasteiger partial charge >= 0.3 is 0 Å². The lowest BCUT2D eigenvalue weighted by atomic mass is 10.2. The zero-order valence-corrected chi connectivity index (χ0v) is 7.89. The molecule has 0 saturated heterocycles. The van der Waals surface area contributed by atoms with Crippen molar-refractivity contribution in [2.75, 3.05) is 7.11 Å². The van der Waals surface area contributed by atoms with E-state index in [4.69, 9.17) is 11.6 Å². The first-order valence-corrected chi connectivity index (χ1v) is 3.95. The fraction of sp³-hybridized carbons (Fsp3) is 0.250. The number of aromatic nitrogens is 1. The summed E-state index contributed by atoms with van der Waals surface area (Å²) in [6, 6.07) is 1.10. The highest BCUT2D eigenvalue weighted by Crippen LogP contribution is 2.29. The number of carbonyl (C=O) groups is 1. The van der Waals surface area contributed by atoms with Gasteiger partial charge in [0.15, 0.2) is 6.29 Å². The minimum atomic E-state index is -2.79. The Bertz CT molecular complexity index is 357. The summed E-state index contributed by atoms with van der Waals surface area (Å²) >= 11 is 5.48. The molecule has 6 heteroatoms. The van der Waals surface area contributed by atoms with E-state index in [1.807, 2.05) is 0 Å². The van der Waals surface area contributed by atoms with Crippen molar-refractivity contribution < 1.29 is 18.3 Å². The topological polar surface area (TPSA) is 39.2 Å². The number of alkyl halides is 2. The number of carbonyl (C=O) groups excluding carboxylic acids is 1. The first kappa shape index (κ1) is 10.8. The zero-order valence-electron chi connectivity index (χ0n) is 7.13. The lowest BCUT2D eigenvalue weighted by Gasteiger charge is -2.06. The van der Waals surface area contributed by atoms with E-state index in [2.05, 4.69) is 9.72 Å². The predicted molar refractivity (Wildman–Crippen MR) is 46.1 cm³/mol. The van der Waals surface area contributed by atoms with Crippen LogP contribution in [0.2, 0.25) is 5.02 Å². The van der Waals surface area contributed by atoms with Crippen molar-refractivity contribution >= 4 is 17.9 Å². The van der Waals surface area contributed by atoms with Gasteiger partial charge in [0.25, 0.3) is 6.43 Å². The largest absolute Gasteiger partial charge is 0.480 e. The normalized spacial score (nSPS) is 10.4. The van der Waals surface area contributed by atoms with Gasteiger partial charge in [0.2, 0.25) is 5.88 Å². The SMILES string of the molecule is COc1nc(C(F)F)c(Cl)cc1C=O. The average Bonchev–Trinajstić information content (AvgIpc) is 2.16. The van der Waals surface area contributed by atoms with Crippen LogP contribution in [0.1, 0.15) is 22.5 Å². The highest BCUT2D eigenvalue weighted by molar-refractivity contribution is 6.31. The molecule has 0 radical (unpaired) electrons. The lowest BCUT2D eigenvalue weighted by molar-refractivity contribution is 0.111. The minimum absolute atomic E-state index is 0.0434. The number of pyridine rings is 1. The molecule has 1 heterocycles. The van der Waals surface area contributed by atoms with Crippen LogP contribution in [0, 0.1) is 0 Å². The Kier molecular flexibility index (Phi) is 3.35. The molecule has 0 saturated carbocycles. The molecule has 0 aliphatic carbocycles. The van der Waals surface area contributed by atoms with Crippen LogP contribution in [0.3, 0.4) is 0 Å². The van der Waals surface area contributed by atoms with Crippen LogP contribution >= 0.6 is 11.6 Å². The fourth-order valence-electron chi connectivity index (χ4n) is 0.901. The van der Waals surface area contributed by atoms with E-state index in [9.17, 15) is 13.6 Å². The van der Waals surface area contributed by atoms with E-state index < -0.39 is 12.1 Å². The van der Waals surface area contributed by atoms with Gasteiger partial charge < -0.3 is 4.74 Å². The molecule has 0 atom stereocenters. The van der Waals surface area contributed by atoms with Crippen LogP contribution in [0.4, 0.5) is 8.78 Å². The van der Waals surface area contributed by atoms with Gasteiger partial charge in [-0.15, -0.1) is 0 Å². The first-order valence-electron chi connectivity index (χ1n) is 3.58. The van der Waals surface area contributed by atoms with Crippen molar-refractivity contribution in [1.82, 2.24) is 4.98 Å². The Balaban J connectivity index is 3.30. The maximum absolute atomic E-state index is 12.3. The monoisotopic (exact) mass is 221 g/mol. The molecule has 0 unspecified atom stereocenters. The molecule has 0 spiro atoms. The molecule has 14 heavy (non-hydrogen) atoms. The molecule has 3 nitrogen and oxygen atoms in total. The second kappa shape index (κ2) is 4.32. The van der Waals surface area contributed by atoms with E-state index in [0.717, 1.165) is 6.07 Å². The summed E-state index contributed by atoms with van der Waals surface area (Å²) in [6.07, 6.45) is -2.36. The Morgan fingerprint density at radius 2 is 2.29 bits per heavy atom. The van der Waals surface area contributed by atoms with Gasteiger partial charge in [-0.2, -0.15) is 0 Å². The summed E-state index contributed by atoms with van der Waals surface area (Å²) in [4.78, 5) is 13.9. The lowest BCUT2D eigenvalue weighted by Crippen LogP contribution is -1.99. The average molecular weight is 222 g/mol. The van der Waals surface area contributed by atoms with Crippen molar-refractivity contribution in [2.24, 2.45) is 0 Å². The summed E-state index contributed by atoms with van der Waals surface area (Å²) in [5.74, 6) is -0.153. The van der Waals surface area contributed by atoms with E-state index >= 15 is 0 Å². The van der Waals surface area contributed by atoms with E-state index in [1.165, 1.54) is 7.11 Å². The van der Waals surface area contributed by atoms with E-state index in [1.54, 1.807) is 0 Å². The second-order valence-electron chi connectivity index (χ2n) is 2.37. The maximum Gasteiger partial charge on any atom is 0.281 e. The number of halogens is 3. The Hall–Kier alpha value is -1.23. The third-order valence-electron chi connectivity index (χ3n) is 1.52. The third kappa shape index (κ3) is 1.98. The van der Waals surface area contributed by atoms with Crippen molar-refractivity contribution in [3.05, 3.63) is 22.3 Å². The van der Waals surface area contributed by atoms with Crippen LogP contribution in [0.25, 0.3) is 0 Å². The quantitative estimate of drug-likeness (QED) is 0.736. The van der Waals surface area contributed by atoms with Crippen molar-refractivity contribution in [3.8, 4) is 5.88 Å². The van der Waals surface area contributed by atoms with Crippen LogP contribution in [0.5, 0.6) is 5.88 Å². The molecule has 0 bridgehead atoms. The molecular formula is C8H6ClF2NO2. The molecule has 0 aromatic carbocycles. The number of nitrogens with zero attached hydrogens (tertiary/aromatic N) is 1. The molecule has 0 fully saturated rings. The molecule has 1 aromatic heterocycles. The summed E-state index contributed by atoms with van der Waals surface area (Å²) in [5.41, 5.74) is -0.545. The number of methoxy groups -OCH3 is 1. The van der Waals surface area contributed by atoms with Crippen LogP contribution in [-0.4, -0.2) is 18.4 Å². The molecular weight excluding hydrogens is 216 g/mol. The van der Waals surface area contributed by atoms with Crippen LogP contribution in [-0.2, 0) is 0 Å². The summed E-state index contributed by atoms with van der Waals surface area (Å²) in [6.45, 7) is 0. The second-order valence-corrected chi connectivity index (χ2v) is 2.78. The fourth-order valence-corrected chi connectivity index (χ4v) is 1.14.